The Balaban J connectivity index is 1.49. The maximum absolute atomic E-state index is 12.9. The first-order chi connectivity index (χ1) is 14.6. The molecule has 0 bridgehead atoms. The Morgan fingerprint density at radius 1 is 1.10 bits per heavy atom. The zero-order valence-electron chi connectivity index (χ0n) is 17.0. The summed E-state index contributed by atoms with van der Waals surface area (Å²) >= 11 is 0. The molecule has 1 aliphatic carbocycles. The molecule has 6 heteroatoms. The molecule has 2 atom stereocenters. The van der Waals surface area contributed by atoms with Gasteiger partial charge in [0.25, 0.3) is 5.91 Å². The van der Waals surface area contributed by atoms with Crippen molar-refractivity contribution < 1.29 is 19.1 Å². The highest BCUT2D eigenvalue weighted by atomic mass is 16.5. The van der Waals surface area contributed by atoms with Crippen molar-refractivity contribution in [2.24, 2.45) is 5.92 Å². The van der Waals surface area contributed by atoms with Crippen molar-refractivity contribution in [2.75, 3.05) is 11.4 Å². The molecular formula is C24H26N2O4. The summed E-state index contributed by atoms with van der Waals surface area (Å²) in [6, 6.07) is 16.9. The average Bonchev–Trinajstić information content (AvgIpc) is 3.50. The molecule has 0 radical (unpaired) electrons. The first-order valence-corrected chi connectivity index (χ1v) is 10.5. The summed E-state index contributed by atoms with van der Waals surface area (Å²) in [5.41, 5.74) is 2.53. The molecule has 1 saturated carbocycles. The summed E-state index contributed by atoms with van der Waals surface area (Å²) in [4.78, 5) is 39.9. The van der Waals surface area contributed by atoms with Gasteiger partial charge in [-0.05, 0) is 30.9 Å². The Morgan fingerprint density at radius 2 is 1.80 bits per heavy atom. The average molecular weight is 406 g/mol. The second-order valence-corrected chi connectivity index (χ2v) is 7.90. The van der Waals surface area contributed by atoms with Gasteiger partial charge in [0.05, 0.1) is 5.92 Å². The van der Waals surface area contributed by atoms with Gasteiger partial charge in [0.15, 0.2) is 0 Å². The maximum Gasteiger partial charge on any atom is 0.312 e. The lowest BCUT2D eigenvalue weighted by Crippen LogP contribution is -2.35. The molecule has 156 valence electrons. The van der Waals surface area contributed by atoms with Crippen molar-refractivity contribution >= 4 is 23.5 Å². The number of nitrogens with zero attached hydrogens (tertiary/aromatic N) is 1. The van der Waals surface area contributed by atoms with Crippen LogP contribution in [0.25, 0.3) is 0 Å². The van der Waals surface area contributed by atoms with E-state index in [2.05, 4.69) is 5.32 Å². The van der Waals surface area contributed by atoms with Crippen LogP contribution >= 0.6 is 0 Å². The van der Waals surface area contributed by atoms with Crippen LogP contribution in [0.2, 0.25) is 0 Å². The van der Waals surface area contributed by atoms with Gasteiger partial charge < -0.3 is 15.0 Å². The minimum atomic E-state index is -1.01. The van der Waals surface area contributed by atoms with Crippen molar-refractivity contribution in [1.82, 2.24) is 5.32 Å². The van der Waals surface area contributed by atoms with Gasteiger partial charge in [-0.1, -0.05) is 55.5 Å². The summed E-state index contributed by atoms with van der Waals surface area (Å²) in [6.45, 7) is 2.30. The fourth-order valence-corrected chi connectivity index (χ4v) is 3.79. The summed E-state index contributed by atoms with van der Waals surface area (Å²) in [7, 11) is 0. The molecule has 4 rings (SSSR count). The number of carbonyl (C=O) groups is 3. The number of anilines is 1. The van der Waals surface area contributed by atoms with Crippen LogP contribution in [0.15, 0.2) is 54.6 Å². The van der Waals surface area contributed by atoms with E-state index in [1.807, 2.05) is 49.4 Å². The number of carbonyl (C=O) groups excluding carboxylic acids is 3. The third kappa shape index (κ3) is 4.37. The molecule has 2 aliphatic rings. The third-order valence-electron chi connectivity index (χ3n) is 5.62. The second-order valence-electron chi connectivity index (χ2n) is 7.90. The van der Waals surface area contributed by atoms with Crippen molar-refractivity contribution in [1.29, 1.82) is 0 Å². The number of hydrogen-bond donors (Lipinski definition) is 1. The highest BCUT2D eigenvalue weighted by Crippen LogP contribution is 2.31. The Kier molecular flexibility index (Phi) is 5.84. The van der Waals surface area contributed by atoms with E-state index in [1.165, 1.54) is 0 Å². The zero-order chi connectivity index (χ0) is 21.1. The standard InChI is InChI=1S/C24H26N2O4/c1-2-16-8-6-7-11-20(16)26-15-18(14-21(26)27)24(29)30-22(17-9-4-3-5-10-17)23(28)25-19-12-13-19/h3-11,18-19,22H,2,12-15H2,1H3,(H,25,28)/t18-,22-/m0/s1. The lowest BCUT2D eigenvalue weighted by Gasteiger charge is -2.21. The van der Waals surface area contributed by atoms with Crippen molar-refractivity contribution in [3.05, 3.63) is 65.7 Å². The van der Waals surface area contributed by atoms with Crippen LogP contribution in [0.5, 0.6) is 0 Å². The molecule has 1 saturated heterocycles. The normalized spacial score (nSPS) is 19.4. The summed E-state index contributed by atoms with van der Waals surface area (Å²) < 4.78 is 5.67. The van der Waals surface area contributed by atoms with Gasteiger partial charge in [0.2, 0.25) is 12.0 Å². The van der Waals surface area contributed by atoms with Gasteiger partial charge in [-0.2, -0.15) is 0 Å². The molecule has 0 spiro atoms. The fraction of sp³-hybridized carbons (Fsp3) is 0.375. The number of aryl methyl sites for hydroxylation is 1. The van der Waals surface area contributed by atoms with Crippen LogP contribution in [0.3, 0.4) is 0 Å². The fourth-order valence-electron chi connectivity index (χ4n) is 3.79. The van der Waals surface area contributed by atoms with Crippen LogP contribution < -0.4 is 10.2 Å². The van der Waals surface area contributed by atoms with Crippen LogP contribution in [0, 0.1) is 5.92 Å². The SMILES string of the molecule is CCc1ccccc1N1C[C@@H](C(=O)O[C@H](C(=O)NC2CC2)c2ccccc2)CC1=O. The minimum Gasteiger partial charge on any atom is -0.447 e. The molecule has 1 N–H and O–H groups in total. The molecular weight excluding hydrogens is 380 g/mol. The first kappa shape index (κ1) is 20.1. The maximum atomic E-state index is 12.9. The van der Waals surface area contributed by atoms with E-state index >= 15 is 0 Å². The molecule has 1 heterocycles. The molecule has 2 aromatic rings. The van der Waals surface area contributed by atoms with Gasteiger partial charge in [-0.3, -0.25) is 14.4 Å². The summed E-state index contributed by atoms with van der Waals surface area (Å²) in [6.07, 6.45) is 1.77. The third-order valence-corrected chi connectivity index (χ3v) is 5.62. The molecule has 2 amide bonds. The number of hydrogen-bond acceptors (Lipinski definition) is 4. The van der Waals surface area contributed by atoms with E-state index in [9.17, 15) is 14.4 Å². The highest BCUT2D eigenvalue weighted by molar-refractivity contribution is 6.00. The lowest BCUT2D eigenvalue weighted by molar-refractivity contribution is -0.160. The number of amides is 2. The Labute approximate surface area is 176 Å². The number of ether oxygens (including phenoxy) is 1. The molecule has 1 aliphatic heterocycles. The van der Waals surface area contributed by atoms with Gasteiger partial charge in [-0.25, -0.2) is 0 Å². The van der Waals surface area contributed by atoms with Gasteiger partial charge in [0, 0.05) is 30.3 Å². The zero-order valence-corrected chi connectivity index (χ0v) is 17.0. The van der Waals surface area contributed by atoms with Gasteiger partial charge in [-0.15, -0.1) is 0 Å². The quantitative estimate of drug-likeness (QED) is 0.717. The van der Waals surface area contributed by atoms with Crippen molar-refractivity contribution in [3.63, 3.8) is 0 Å². The van der Waals surface area contributed by atoms with E-state index in [0.717, 1.165) is 30.5 Å². The lowest BCUT2D eigenvalue weighted by atomic mass is 10.1. The number of para-hydroxylation sites is 1. The summed E-state index contributed by atoms with van der Waals surface area (Å²) in [5, 5.41) is 2.91. The van der Waals surface area contributed by atoms with E-state index < -0.39 is 18.0 Å². The van der Waals surface area contributed by atoms with E-state index in [-0.39, 0.29) is 30.8 Å². The predicted octanol–water partition coefficient (Wildman–Crippen LogP) is 3.17. The predicted molar refractivity (Wildman–Crippen MR) is 113 cm³/mol. The molecule has 30 heavy (non-hydrogen) atoms. The Hall–Kier alpha value is -3.15. The molecule has 6 nitrogen and oxygen atoms in total. The molecule has 0 unspecified atom stereocenters. The topological polar surface area (TPSA) is 75.7 Å². The monoisotopic (exact) mass is 406 g/mol. The molecule has 0 aromatic heterocycles. The number of nitrogens with one attached hydrogen (secondary N) is 1. The number of esters is 1. The van der Waals surface area contributed by atoms with E-state index in [1.54, 1.807) is 17.0 Å². The van der Waals surface area contributed by atoms with Crippen LogP contribution in [-0.2, 0) is 25.5 Å². The van der Waals surface area contributed by atoms with Crippen LogP contribution in [0.4, 0.5) is 5.69 Å². The Bertz CT molecular complexity index is 939. The number of rotatable bonds is 7. The Morgan fingerprint density at radius 3 is 2.50 bits per heavy atom. The molecule has 2 fully saturated rings. The van der Waals surface area contributed by atoms with Crippen molar-refractivity contribution in [3.8, 4) is 0 Å². The molecule has 2 aromatic carbocycles. The largest absolute Gasteiger partial charge is 0.447 e. The van der Waals surface area contributed by atoms with E-state index in [0.29, 0.717) is 5.56 Å². The van der Waals surface area contributed by atoms with E-state index in [4.69, 9.17) is 4.74 Å². The highest BCUT2D eigenvalue weighted by Gasteiger charge is 2.39. The minimum absolute atomic E-state index is 0.0859. The summed E-state index contributed by atoms with van der Waals surface area (Å²) in [5.74, 6) is -1.52. The van der Waals surface area contributed by atoms with Crippen LogP contribution in [0.1, 0.15) is 43.4 Å². The van der Waals surface area contributed by atoms with Gasteiger partial charge in [0.1, 0.15) is 0 Å². The van der Waals surface area contributed by atoms with Gasteiger partial charge >= 0.3 is 5.97 Å². The second kappa shape index (κ2) is 8.69. The smallest absolute Gasteiger partial charge is 0.312 e. The van der Waals surface area contributed by atoms with Crippen LogP contribution in [-0.4, -0.2) is 30.4 Å². The first-order valence-electron chi connectivity index (χ1n) is 10.5. The van der Waals surface area contributed by atoms with Crippen molar-refractivity contribution in [2.45, 2.75) is 44.8 Å². The number of benzene rings is 2.